The second kappa shape index (κ2) is 7.71. The summed E-state index contributed by atoms with van der Waals surface area (Å²) in [6, 6.07) is 11.6. The summed E-state index contributed by atoms with van der Waals surface area (Å²) in [7, 11) is 3.98. The van der Waals surface area contributed by atoms with Gasteiger partial charge in [-0.2, -0.15) is 0 Å². The van der Waals surface area contributed by atoms with Gasteiger partial charge in [-0.1, -0.05) is 12.1 Å². The Kier molecular flexibility index (Phi) is 5.66. The van der Waals surface area contributed by atoms with E-state index in [1.807, 2.05) is 55.4 Å². The van der Waals surface area contributed by atoms with Gasteiger partial charge in [-0.15, -0.1) is 0 Å². The zero-order chi connectivity index (χ0) is 15.1. The fourth-order valence-corrected chi connectivity index (χ4v) is 1.99. The predicted molar refractivity (Wildman–Crippen MR) is 83.6 cm³/mol. The molecule has 0 fully saturated rings. The lowest BCUT2D eigenvalue weighted by Crippen LogP contribution is -2.25. The minimum absolute atomic E-state index is 0.262. The van der Waals surface area contributed by atoms with Crippen molar-refractivity contribution >= 4 is 11.4 Å². The Morgan fingerprint density at radius 2 is 2.05 bits per heavy atom. The Morgan fingerprint density at radius 3 is 2.76 bits per heavy atom. The number of aliphatic hydroxyl groups excluding tert-OH is 1. The first-order valence-electron chi connectivity index (χ1n) is 6.95. The zero-order valence-corrected chi connectivity index (χ0v) is 12.5. The van der Waals surface area contributed by atoms with E-state index >= 15 is 0 Å². The maximum atomic E-state index is 9.94. The highest BCUT2D eigenvalue weighted by Crippen LogP contribution is 2.23. The number of benzene rings is 1. The van der Waals surface area contributed by atoms with Crippen LogP contribution in [0.15, 0.2) is 47.1 Å². The van der Waals surface area contributed by atoms with Gasteiger partial charge in [0.25, 0.3) is 0 Å². The molecule has 0 saturated heterocycles. The molecule has 0 aliphatic rings. The number of ether oxygens (including phenoxy) is 1. The average molecular weight is 290 g/mol. The molecule has 1 aromatic heterocycles. The van der Waals surface area contributed by atoms with E-state index in [0.717, 1.165) is 17.1 Å². The first kappa shape index (κ1) is 15.4. The van der Waals surface area contributed by atoms with Crippen LogP contribution in [-0.4, -0.2) is 38.5 Å². The molecule has 0 spiro atoms. The Morgan fingerprint density at radius 1 is 1.24 bits per heavy atom. The van der Waals surface area contributed by atoms with E-state index in [1.54, 1.807) is 6.26 Å². The van der Waals surface area contributed by atoms with Crippen molar-refractivity contribution in [3.8, 4) is 0 Å². The van der Waals surface area contributed by atoms with Gasteiger partial charge in [-0.25, -0.2) is 0 Å². The van der Waals surface area contributed by atoms with Gasteiger partial charge in [-0.05, 0) is 24.3 Å². The van der Waals surface area contributed by atoms with E-state index in [1.165, 1.54) is 0 Å². The van der Waals surface area contributed by atoms with E-state index in [-0.39, 0.29) is 6.61 Å². The van der Waals surface area contributed by atoms with Gasteiger partial charge in [0.2, 0.25) is 0 Å². The van der Waals surface area contributed by atoms with Crippen molar-refractivity contribution in [2.24, 2.45) is 0 Å². The summed E-state index contributed by atoms with van der Waals surface area (Å²) in [4.78, 5) is 2.03. The number of anilines is 2. The highest BCUT2D eigenvalue weighted by molar-refractivity contribution is 5.69. The quantitative estimate of drug-likeness (QED) is 0.781. The summed E-state index contributed by atoms with van der Waals surface area (Å²) < 4.78 is 10.6. The summed E-state index contributed by atoms with van der Waals surface area (Å²) in [6.07, 6.45) is 1.03. The van der Waals surface area contributed by atoms with Crippen LogP contribution in [0.5, 0.6) is 0 Å². The van der Waals surface area contributed by atoms with Crippen LogP contribution in [0.4, 0.5) is 11.4 Å². The first-order valence-corrected chi connectivity index (χ1v) is 6.95. The van der Waals surface area contributed by atoms with Crippen LogP contribution < -0.4 is 10.2 Å². The number of para-hydroxylation sites is 2. The van der Waals surface area contributed by atoms with Crippen LogP contribution in [-0.2, 0) is 11.3 Å². The highest BCUT2D eigenvalue weighted by Gasteiger charge is 2.08. The fourth-order valence-electron chi connectivity index (χ4n) is 1.99. The Bertz CT molecular complexity index is 526. The first-order chi connectivity index (χ1) is 10.2. The SMILES string of the molecule is CN(C)c1ccccc1NCC(O)COCc1ccco1. The summed E-state index contributed by atoms with van der Waals surface area (Å²) >= 11 is 0. The number of aliphatic hydroxyl groups is 1. The molecule has 5 nitrogen and oxygen atoms in total. The van der Waals surface area contributed by atoms with Gasteiger partial charge >= 0.3 is 0 Å². The molecule has 1 heterocycles. The average Bonchev–Trinajstić information content (AvgIpc) is 2.98. The summed E-state index contributed by atoms with van der Waals surface area (Å²) in [5.74, 6) is 0.758. The lowest BCUT2D eigenvalue weighted by molar-refractivity contribution is 0.0282. The molecule has 5 heteroatoms. The summed E-state index contributed by atoms with van der Waals surface area (Å²) in [5.41, 5.74) is 2.08. The minimum Gasteiger partial charge on any atom is -0.467 e. The van der Waals surface area contributed by atoms with Crippen LogP contribution in [0, 0.1) is 0 Å². The fraction of sp³-hybridized carbons (Fsp3) is 0.375. The standard InChI is InChI=1S/C16H22N2O3/c1-18(2)16-8-4-3-7-15(16)17-10-13(19)11-20-12-14-6-5-9-21-14/h3-9,13,17,19H,10-12H2,1-2H3. The van der Waals surface area contributed by atoms with Gasteiger partial charge in [-0.3, -0.25) is 0 Å². The molecule has 0 amide bonds. The molecule has 2 N–H and O–H groups in total. The molecule has 0 aliphatic heterocycles. The van der Waals surface area contributed by atoms with Gasteiger partial charge in [0.1, 0.15) is 12.4 Å². The Labute approximate surface area is 125 Å². The van der Waals surface area contributed by atoms with E-state index in [9.17, 15) is 5.11 Å². The van der Waals surface area contributed by atoms with Crippen LogP contribution in [0.25, 0.3) is 0 Å². The van der Waals surface area contributed by atoms with Crippen molar-refractivity contribution in [3.63, 3.8) is 0 Å². The molecule has 0 aliphatic carbocycles. The Balaban J connectivity index is 1.75. The van der Waals surface area contributed by atoms with Crippen molar-refractivity contribution in [2.75, 3.05) is 37.5 Å². The third kappa shape index (κ3) is 4.81. The molecule has 1 aromatic carbocycles. The second-order valence-corrected chi connectivity index (χ2v) is 5.04. The van der Waals surface area contributed by atoms with Gasteiger partial charge in [0, 0.05) is 20.6 Å². The van der Waals surface area contributed by atoms with E-state index < -0.39 is 6.10 Å². The minimum atomic E-state index is -0.574. The lowest BCUT2D eigenvalue weighted by Gasteiger charge is -2.19. The molecule has 0 saturated carbocycles. The molecular weight excluding hydrogens is 268 g/mol. The predicted octanol–water partition coefficient (Wildman–Crippen LogP) is 2.34. The topological polar surface area (TPSA) is 57.9 Å². The molecule has 0 bridgehead atoms. The van der Waals surface area contributed by atoms with Gasteiger partial charge < -0.3 is 24.5 Å². The summed E-state index contributed by atoms with van der Waals surface area (Å²) in [5, 5.41) is 13.2. The third-order valence-corrected chi connectivity index (χ3v) is 3.05. The highest BCUT2D eigenvalue weighted by atomic mass is 16.5. The molecule has 114 valence electrons. The van der Waals surface area contributed by atoms with Crippen LogP contribution in [0.3, 0.4) is 0 Å². The molecule has 21 heavy (non-hydrogen) atoms. The van der Waals surface area contributed by atoms with Gasteiger partial charge in [0.05, 0.1) is 30.3 Å². The number of nitrogens with one attached hydrogen (secondary N) is 1. The number of nitrogens with zero attached hydrogens (tertiary/aromatic N) is 1. The number of hydrogen-bond acceptors (Lipinski definition) is 5. The van der Waals surface area contributed by atoms with Crippen molar-refractivity contribution in [1.29, 1.82) is 0 Å². The molecule has 0 radical (unpaired) electrons. The molecular formula is C16H22N2O3. The normalized spacial score (nSPS) is 12.1. The molecule has 1 atom stereocenters. The summed E-state index contributed by atoms with van der Waals surface area (Å²) in [6.45, 7) is 1.07. The third-order valence-electron chi connectivity index (χ3n) is 3.05. The largest absolute Gasteiger partial charge is 0.467 e. The lowest BCUT2D eigenvalue weighted by atomic mass is 10.2. The number of rotatable bonds is 8. The van der Waals surface area contributed by atoms with Crippen molar-refractivity contribution < 1.29 is 14.3 Å². The molecule has 2 rings (SSSR count). The number of furan rings is 1. The Hall–Kier alpha value is -1.98. The zero-order valence-electron chi connectivity index (χ0n) is 12.5. The maximum absolute atomic E-state index is 9.94. The monoisotopic (exact) mass is 290 g/mol. The molecule has 2 aromatic rings. The van der Waals surface area contributed by atoms with Crippen molar-refractivity contribution in [3.05, 3.63) is 48.4 Å². The van der Waals surface area contributed by atoms with Crippen LogP contribution in [0.2, 0.25) is 0 Å². The van der Waals surface area contributed by atoms with E-state index in [0.29, 0.717) is 13.2 Å². The maximum Gasteiger partial charge on any atom is 0.129 e. The van der Waals surface area contributed by atoms with Crippen molar-refractivity contribution in [2.45, 2.75) is 12.7 Å². The van der Waals surface area contributed by atoms with E-state index in [4.69, 9.17) is 9.15 Å². The van der Waals surface area contributed by atoms with E-state index in [2.05, 4.69) is 5.32 Å². The molecule has 1 unspecified atom stereocenters. The van der Waals surface area contributed by atoms with Crippen LogP contribution in [0.1, 0.15) is 5.76 Å². The smallest absolute Gasteiger partial charge is 0.129 e. The van der Waals surface area contributed by atoms with Gasteiger partial charge in [0.15, 0.2) is 0 Å². The number of hydrogen-bond donors (Lipinski definition) is 2. The van der Waals surface area contributed by atoms with Crippen molar-refractivity contribution in [1.82, 2.24) is 0 Å². The second-order valence-electron chi connectivity index (χ2n) is 5.04. The van der Waals surface area contributed by atoms with Crippen LogP contribution >= 0.6 is 0 Å².